The number of benzene rings is 1. The van der Waals surface area contributed by atoms with E-state index in [0.29, 0.717) is 5.75 Å². The van der Waals surface area contributed by atoms with Crippen LogP contribution in [0.1, 0.15) is 13.8 Å². The number of aliphatic hydroxyl groups is 3. The van der Waals surface area contributed by atoms with Gasteiger partial charge in [-0.25, -0.2) is 17.9 Å². The van der Waals surface area contributed by atoms with E-state index in [1.165, 1.54) is 29.6 Å². The van der Waals surface area contributed by atoms with E-state index >= 15 is 0 Å². The molecule has 11 heteroatoms. The molecule has 0 bridgehead atoms. The fourth-order valence-corrected chi connectivity index (χ4v) is 3.25. The molecule has 0 fully saturated rings. The van der Waals surface area contributed by atoms with E-state index in [1.54, 1.807) is 0 Å². The number of halogens is 3. The van der Waals surface area contributed by atoms with Crippen molar-refractivity contribution in [2.45, 2.75) is 44.1 Å². The molecule has 2 aromatic rings. The Morgan fingerprint density at radius 2 is 1.86 bits per heavy atom. The van der Waals surface area contributed by atoms with Crippen LogP contribution in [0.5, 0.6) is 0 Å². The lowest BCUT2D eigenvalue weighted by Crippen LogP contribution is -2.39. The van der Waals surface area contributed by atoms with Crippen molar-refractivity contribution in [3.8, 4) is 11.3 Å². The van der Waals surface area contributed by atoms with Crippen LogP contribution in [0.2, 0.25) is 0 Å². The van der Waals surface area contributed by atoms with Crippen molar-refractivity contribution >= 4 is 11.8 Å². The summed E-state index contributed by atoms with van der Waals surface area (Å²) in [5.41, 5.74) is -0.657. The Morgan fingerprint density at radius 3 is 2.39 bits per heavy atom. The Kier molecular flexibility index (Phi) is 8.25. The summed E-state index contributed by atoms with van der Waals surface area (Å²) in [5, 5.41) is 36.9. The van der Waals surface area contributed by atoms with Crippen LogP contribution >= 0.6 is 11.8 Å². The highest BCUT2D eigenvalue weighted by molar-refractivity contribution is 7.99. The second-order valence-electron chi connectivity index (χ2n) is 6.07. The minimum absolute atomic E-state index is 0.00215. The summed E-state index contributed by atoms with van der Waals surface area (Å²) in [6, 6.07) is 1.60. The fourth-order valence-electron chi connectivity index (χ4n) is 2.39. The number of hydrogen-bond acceptors (Lipinski definition) is 7. The summed E-state index contributed by atoms with van der Waals surface area (Å²) in [5.74, 6) is -3.65. The number of aliphatic hydroxyl groups excluding tert-OH is 3. The van der Waals surface area contributed by atoms with E-state index in [-0.39, 0.29) is 17.8 Å². The lowest BCUT2D eigenvalue weighted by atomic mass is 10.1. The molecule has 1 aromatic carbocycles. The standard InChI is InChI=1S/C17H22F3N3O4S/c1-3-28-17(27-15(8-24)9(2)25)14(26)7-23-6-13(21-22-23)10-4-11(18)16(20)12(19)5-10/h4-6,9,14-15,17,24-26H,3,7-8H2,1-2H3/t9-,14+,15?,17?/m1/s1. The molecule has 156 valence electrons. The largest absolute Gasteiger partial charge is 0.394 e. The van der Waals surface area contributed by atoms with Crippen molar-refractivity contribution in [1.82, 2.24) is 15.0 Å². The topological polar surface area (TPSA) is 101 Å². The molecule has 0 aliphatic heterocycles. The van der Waals surface area contributed by atoms with Gasteiger partial charge in [-0.2, -0.15) is 0 Å². The highest BCUT2D eigenvalue weighted by Gasteiger charge is 2.27. The number of rotatable bonds is 10. The smallest absolute Gasteiger partial charge is 0.194 e. The van der Waals surface area contributed by atoms with Crippen LogP contribution < -0.4 is 0 Å². The molecule has 28 heavy (non-hydrogen) atoms. The van der Waals surface area contributed by atoms with Gasteiger partial charge in [0.05, 0.1) is 25.5 Å². The minimum atomic E-state index is -1.57. The minimum Gasteiger partial charge on any atom is -0.394 e. The predicted molar refractivity (Wildman–Crippen MR) is 96.9 cm³/mol. The van der Waals surface area contributed by atoms with Crippen molar-refractivity contribution in [2.24, 2.45) is 0 Å². The summed E-state index contributed by atoms with van der Waals surface area (Å²) < 4.78 is 46.7. The van der Waals surface area contributed by atoms with E-state index in [0.717, 1.165) is 12.1 Å². The second-order valence-corrected chi connectivity index (χ2v) is 7.44. The molecule has 3 N–H and O–H groups in total. The molecule has 0 radical (unpaired) electrons. The summed E-state index contributed by atoms with van der Waals surface area (Å²) in [4.78, 5) is 0. The van der Waals surface area contributed by atoms with Gasteiger partial charge in [-0.15, -0.1) is 16.9 Å². The van der Waals surface area contributed by atoms with Gasteiger partial charge in [-0.05, 0) is 24.8 Å². The van der Waals surface area contributed by atoms with Crippen molar-refractivity contribution in [2.75, 3.05) is 12.4 Å². The first-order valence-electron chi connectivity index (χ1n) is 8.55. The first-order chi connectivity index (χ1) is 13.3. The van der Waals surface area contributed by atoms with E-state index in [9.17, 15) is 28.5 Å². The molecule has 0 aliphatic carbocycles. The molecule has 0 aliphatic rings. The third kappa shape index (κ3) is 5.67. The Balaban J connectivity index is 2.12. The first-order valence-corrected chi connectivity index (χ1v) is 9.60. The third-order valence-corrected chi connectivity index (χ3v) is 4.95. The van der Waals surface area contributed by atoms with Crippen LogP contribution in [0, 0.1) is 17.5 Å². The van der Waals surface area contributed by atoms with Crippen LogP contribution in [0.3, 0.4) is 0 Å². The van der Waals surface area contributed by atoms with Crippen molar-refractivity contribution in [3.63, 3.8) is 0 Å². The zero-order chi connectivity index (χ0) is 20.8. The molecule has 0 saturated heterocycles. The number of ether oxygens (including phenoxy) is 1. The van der Waals surface area contributed by atoms with Crippen LogP contribution in [0.15, 0.2) is 18.3 Å². The highest BCUT2D eigenvalue weighted by Crippen LogP contribution is 2.23. The van der Waals surface area contributed by atoms with E-state index in [1.807, 2.05) is 6.92 Å². The van der Waals surface area contributed by atoms with Crippen LogP contribution in [-0.2, 0) is 11.3 Å². The second kappa shape index (κ2) is 10.2. The lowest BCUT2D eigenvalue weighted by Gasteiger charge is -2.28. The molecule has 7 nitrogen and oxygen atoms in total. The summed E-state index contributed by atoms with van der Waals surface area (Å²) in [7, 11) is 0. The first kappa shape index (κ1) is 22.6. The average molecular weight is 421 g/mol. The maximum absolute atomic E-state index is 13.4. The monoisotopic (exact) mass is 421 g/mol. The molecular formula is C17H22F3N3O4S. The van der Waals surface area contributed by atoms with Crippen LogP contribution in [-0.4, -0.2) is 66.4 Å². The molecule has 2 unspecified atom stereocenters. The Bertz CT molecular complexity index is 755. The van der Waals surface area contributed by atoms with Crippen molar-refractivity contribution < 1.29 is 33.2 Å². The fraction of sp³-hybridized carbons (Fsp3) is 0.529. The van der Waals surface area contributed by atoms with Gasteiger partial charge in [0, 0.05) is 5.56 Å². The van der Waals surface area contributed by atoms with E-state index in [4.69, 9.17) is 4.74 Å². The van der Waals surface area contributed by atoms with Gasteiger partial charge >= 0.3 is 0 Å². The number of aromatic nitrogens is 3. The molecule has 0 saturated carbocycles. The molecule has 4 atom stereocenters. The zero-order valence-electron chi connectivity index (χ0n) is 15.3. The maximum Gasteiger partial charge on any atom is 0.194 e. The summed E-state index contributed by atoms with van der Waals surface area (Å²) in [6.07, 6.45) is -1.52. The molecule has 0 spiro atoms. The zero-order valence-corrected chi connectivity index (χ0v) is 16.1. The van der Waals surface area contributed by atoms with E-state index < -0.39 is 47.8 Å². The molecule has 2 rings (SSSR count). The van der Waals surface area contributed by atoms with Crippen LogP contribution in [0.25, 0.3) is 11.3 Å². The van der Waals surface area contributed by atoms with E-state index in [2.05, 4.69) is 10.3 Å². The Morgan fingerprint density at radius 1 is 1.21 bits per heavy atom. The quantitative estimate of drug-likeness (QED) is 0.395. The predicted octanol–water partition coefficient (Wildman–Crippen LogP) is 1.56. The number of hydrogen-bond donors (Lipinski definition) is 3. The van der Waals surface area contributed by atoms with Crippen LogP contribution in [0.4, 0.5) is 13.2 Å². The van der Waals surface area contributed by atoms with Gasteiger partial charge in [-0.3, -0.25) is 0 Å². The Hall–Kier alpha value is -1.66. The summed E-state index contributed by atoms with van der Waals surface area (Å²) >= 11 is 1.28. The third-order valence-electron chi connectivity index (χ3n) is 3.86. The van der Waals surface area contributed by atoms with Gasteiger partial charge < -0.3 is 20.1 Å². The van der Waals surface area contributed by atoms with Gasteiger partial charge in [0.1, 0.15) is 23.3 Å². The molecule has 1 heterocycles. The van der Waals surface area contributed by atoms with Crippen molar-refractivity contribution in [1.29, 1.82) is 0 Å². The van der Waals surface area contributed by atoms with Gasteiger partial charge in [-0.1, -0.05) is 12.1 Å². The molecule has 1 aromatic heterocycles. The SMILES string of the molecule is CCSC(OC(CO)[C@@H](C)O)[C@@H](O)Cn1cc(-c2cc(F)c(F)c(F)c2)nn1. The lowest BCUT2D eigenvalue weighted by molar-refractivity contribution is -0.0972. The van der Waals surface area contributed by atoms with Gasteiger partial charge in [0.2, 0.25) is 0 Å². The number of thioether (sulfide) groups is 1. The highest BCUT2D eigenvalue weighted by atomic mass is 32.2. The average Bonchev–Trinajstić information content (AvgIpc) is 3.10. The maximum atomic E-state index is 13.4. The number of nitrogens with zero attached hydrogens (tertiary/aromatic N) is 3. The normalized spacial score (nSPS) is 16.0. The Labute approximate surface area is 164 Å². The van der Waals surface area contributed by atoms with Gasteiger partial charge in [0.25, 0.3) is 0 Å². The molecule has 0 amide bonds. The van der Waals surface area contributed by atoms with Crippen molar-refractivity contribution in [3.05, 3.63) is 35.8 Å². The summed E-state index contributed by atoms with van der Waals surface area (Å²) in [6.45, 7) is 2.84. The van der Waals surface area contributed by atoms with Gasteiger partial charge in [0.15, 0.2) is 17.5 Å². The molecular weight excluding hydrogens is 399 g/mol.